The largest absolute Gasteiger partial charge is 0.450 e. The van der Waals surface area contributed by atoms with Crippen molar-refractivity contribution in [2.45, 2.75) is 106 Å². The number of Topliss-reactive ketones (excluding diaryl/α,β-unsaturated/α-hetero) is 1. The van der Waals surface area contributed by atoms with Gasteiger partial charge < -0.3 is 14.8 Å². The van der Waals surface area contributed by atoms with Crippen molar-refractivity contribution in [2.75, 3.05) is 6.61 Å². The van der Waals surface area contributed by atoms with Gasteiger partial charge in [0, 0.05) is 22.3 Å². The molecule has 0 heterocycles. The van der Waals surface area contributed by atoms with Crippen molar-refractivity contribution >= 4 is 17.7 Å². The summed E-state index contributed by atoms with van der Waals surface area (Å²) in [5.41, 5.74) is -0.787. The Morgan fingerprint density at radius 1 is 1.05 bits per heavy atom. The Morgan fingerprint density at radius 2 is 1.72 bits per heavy atom. The Balaban J connectivity index is 1.66. The number of alkyl carbamates (subject to hydrolysis) is 1. The minimum absolute atomic E-state index is 0.0239. The lowest BCUT2D eigenvalue weighted by atomic mass is 9.35. The quantitative estimate of drug-likeness (QED) is 0.385. The lowest BCUT2D eigenvalue weighted by Gasteiger charge is -2.69. The Hall–Kier alpha value is -2.42. The highest BCUT2D eigenvalue weighted by atomic mass is 16.5. The molecule has 0 bridgehead atoms. The summed E-state index contributed by atoms with van der Waals surface area (Å²) in [6, 6.07) is 0. The van der Waals surface area contributed by atoms with Crippen LogP contribution in [-0.2, 0) is 14.3 Å². The lowest BCUT2D eigenvalue weighted by Crippen LogP contribution is -2.69. The summed E-state index contributed by atoms with van der Waals surface area (Å²) in [6.07, 6.45) is 9.62. The molecule has 0 unspecified atom stereocenters. The molecule has 0 aromatic carbocycles. The minimum Gasteiger partial charge on any atom is -0.450 e. The van der Waals surface area contributed by atoms with Gasteiger partial charge in [-0.1, -0.05) is 60.1 Å². The van der Waals surface area contributed by atoms with Crippen LogP contribution in [0.1, 0.15) is 100 Å². The third-order valence-electron chi connectivity index (χ3n) is 12.5. The maximum Gasteiger partial charge on any atom is 0.407 e. The van der Waals surface area contributed by atoms with Gasteiger partial charge in [-0.3, -0.25) is 4.79 Å². The van der Waals surface area contributed by atoms with Crippen LogP contribution in [0.5, 0.6) is 0 Å². The molecule has 5 aliphatic carbocycles. The summed E-state index contributed by atoms with van der Waals surface area (Å²) >= 11 is 0. The zero-order valence-electron chi connectivity index (χ0n) is 25.1. The van der Waals surface area contributed by atoms with Crippen LogP contribution in [0.4, 0.5) is 4.79 Å². The van der Waals surface area contributed by atoms with E-state index in [1.54, 1.807) is 0 Å². The highest BCUT2D eigenvalue weighted by Crippen LogP contribution is 2.73. The summed E-state index contributed by atoms with van der Waals surface area (Å²) in [4.78, 5) is 44.2. The monoisotopic (exact) mass is 534 g/mol. The highest BCUT2D eigenvalue weighted by molar-refractivity contribution is 6.03. The number of fused-ring (bicyclic) bond motifs is 7. The number of ketones is 2. The molecule has 5 rings (SSSR count). The van der Waals surface area contributed by atoms with Gasteiger partial charge in [0.2, 0.25) is 5.70 Å². The SMILES string of the molecule is [C-]#[N+]C1=C[C@]2(C)C3=CC(=O)[C@@H]4[C@@H]5CC(C)(C)CC[C@]5(NC(=O)OCC)CC[C@@]4(C)[C@]3(C)CC[C@H]2C(C)(C)C1=O. The van der Waals surface area contributed by atoms with E-state index < -0.39 is 16.4 Å². The van der Waals surface area contributed by atoms with E-state index >= 15 is 0 Å². The molecule has 6 heteroatoms. The molecule has 0 spiro atoms. The van der Waals surface area contributed by atoms with Gasteiger partial charge in [0.05, 0.1) is 13.2 Å². The molecular weight excluding hydrogens is 488 g/mol. The van der Waals surface area contributed by atoms with E-state index in [1.807, 2.05) is 32.9 Å². The molecule has 212 valence electrons. The van der Waals surface area contributed by atoms with Crippen molar-refractivity contribution < 1.29 is 19.1 Å². The normalized spacial score (nSPS) is 43.8. The molecule has 7 atom stereocenters. The van der Waals surface area contributed by atoms with Gasteiger partial charge in [0.1, 0.15) is 0 Å². The Bertz CT molecular complexity index is 1240. The van der Waals surface area contributed by atoms with Gasteiger partial charge in [-0.25, -0.2) is 9.64 Å². The van der Waals surface area contributed by atoms with E-state index in [9.17, 15) is 14.4 Å². The van der Waals surface area contributed by atoms with Crippen LogP contribution in [-0.4, -0.2) is 29.8 Å². The molecule has 1 amide bonds. The first-order valence-electron chi connectivity index (χ1n) is 14.9. The zero-order chi connectivity index (χ0) is 28.8. The molecule has 0 aliphatic heterocycles. The molecule has 0 aromatic rings. The summed E-state index contributed by atoms with van der Waals surface area (Å²) in [5.74, 6) is -0.0684. The highest BCUT2D eigenvalue weighted by Gasteiger charge is 2.70. The molecule has 0 radical (unpaired) electrons. The molecular formula is C33H46N2O4. The average molecular weight is 535 g/mol. The number of ether oxygens (including phenoxy) is 1. The van der Waals surface area contributed by atoms with Crippen LogP contribution in [0.2, 0.25) is 0 Å². The van der Waals surface area contributed by atoms with Gasteiger partial charge in [-0.15, -0.1) is 0 Å². The number of nitrogens with one attached hydrogen (secondary N) is 1. The fraction of sp³-hybridized carbons (Fsp3) is 0.758. The van der Waals surface area contributed by atoms with Crippen LogP contribution in [0, 0.1) is 51.4 Å². The second-order valence-electron chi connectivity index (χ2n) is 15.2. The number of allylic oxidation sites excluding steroid dienone is 4. The number of rotatable bonds is 2. The second-order valence-corrected chi connectivity index (χ2v) is 15.2. The zero-order valence-corrected chi connectivity index (χ0v) is 25.1. The fourth-order valence-corrected chi connectivity index (χ4v) is 10.2. The number of carbonyl (C=O) groups is 3. The molecule has 0 saturated heterocycles. The maximum absolute atomic E-state index is 14.5. The minimum atomic E-state index is -0.662. The first-order valence-corrected chi connectivity index (χ1v) is 14.9. The summed E-state index contributed by atoms with van der Waals surface area (Å²) < 4.78 is 5.35. The summed E-state index contributed by atoms with van der Waals surface area (Å²) in [6.45, 7) is 25.2. The maximum atomic E-state index is 14.5. The van der Waals surface area contributed by atoms with Crippen LogP contribution < -0.4 is 5.32 Å². The van der Waals surface area contributed by atoms with Crippen molar-refractivity contribution in [1.82, 2.24) is 5.32 Å². The van der Waals surface area contributed by atoms with E-state index in [0.717, 1.165) is 50.5 Å². The Labute approximate surface area is 234 Å². The van der Waals surface area contributed by atoms with Gasteiger partial charge >= 0.3 is 6.09 Å². The van der Waals surface area contributed by atoms with E-state index in [0.29, 0.717) is 6.61 Å². The molecule has 5 aliphatic rings. The van der Waals surface area contributed by atoms with E-state index in [4.69, 9.17) is 11.3 Å². The third kappa shape index (κ3) is 3.67. The smallest absolute Gasteiger partial charge is 0.407 e. The fourth-order valence-electron chi connectivity index (χ4n) is 10.2. The van der Waals surface area contributed by atoms with Gasteiger partial charge in [0.15, 0.2) is 11.6 Å². The van der Waals surface area contributed by atoms with Crippen molar-refractivity contribution in [3.05, 3.63) is 34.8 Å². The van der Waals surface area contributed by atoms with Crippen LogP contribution in [0.3, 0.4) is 0 Å². The van der Waals surface area contributed by atoms with E-state index in [-0.39, 0.29) is 57.4 Å². The van der Waals surface area contributed by atoms with Crippen LogP contribution in [0.15, 0.2) is 23.4 Å². The predicted octanol–water partition coefficient (Wildman–Crippen LogP) is 7.06. The molecule has 3 saturated carbocycles. The lowest BCUT2D eigenvalue weighted by molar-refractivity contribution is -0.161. The molecule has 3 fully saturated rings. The molecule has 0 aromatic heterocycles. The first-order chi connectivity index (χ1) is 18.0. The number of amides is 1. The van der Waals surface area contributed by atoms with Crippen LogP contribution in [0.25, 0.3) is 4.85 Å². The topological polar surface area (TPSA) is 76.8 Å². The van der Waals surface area contributed by atoms with E-state index in [1.165, 1.54) is 0 Å². The van der Waals surface area contributed by atoms with Gasteiger partial charge in [-0.2, -0.15) is 0 Å². The van der Waals surface area contributed by atoms with Gasteiger partial charge in [-0.05, 0) is 86.0 Å². The first kappa shape index (κ1) is 28.1. The molecule has 39 heavy (non-hydrogen) atoms. The number of nitrogens with zero attached hydrogens (tertiary/aromatic N) is 1. The number of carbonyl (C=O) groups excluding carboxylic acids is 3. The summed E-state index contributed by atoms with van der Waals surface area (Å²) in [5, 5.41) is 3.30. The average Bonchev–Trinajstić information content (AvgIpc) is 2.84. The summed E-state index contributed by atoms with van der Waals surface area (Å²) in [7, 11) is 0. The standard InChI is InChI=1S/C33H46N2O4/c1-10-39-27(38)35-33-15-13-28(2,3)18-20(33)25-22(36)17-24-30(6)19-21(34-9)26(37)29(4,5)23(30)11-12-31(24,7)32(25,8)14-16-33/h17,19-20,23,25H,10-16,18H2,1-8H3,(H,35,38)/t20-,23-,25-,30-,31+,32+,33-/m0/s1. The Morgan fingerprint density at radius 3 is 2.36 bits per heavy atom. The third-order valence-corrected chi connectivity index (χ3v) is 12.5. The molecule has 1 N–H and O–H groups in total. The van der Waals surface area contributed by atoms with Crippen molar-refractivity contribution in [1.29, 1.82) is 0 Å². The van der Waals surface area contributed by atoms with Crippen molar-refractivity contribution in [3.8, 4) is 0 Å². The van der Waals surface area contributed by atoms with Crippen LogP contribution >= 0.6 is 0 Å². The van der Waals surface area contributed by atoms with Crippen molar-refractivity contribution in [2.24, 2.45) is 44.8 Å². The second kappa shape index (κ2) is 8.54. The molecule has 6 nitrogen and oxygen atoms in total. The number of hydrogen-bond acceptors (Lipinski definition) is 4. The van der Waals surface area contributed by atoms with Crippen molar-refractivity contribution in [3.63, 3.8) is 0 Å². The van der Waals surface area contributed by atoms with Gasteiger partial charge in [0.25, 0.3) is 0 Å². The number of hydrogen-bond donors (Lipinski definition) is 1. The predicted molar refractivity (Wildman–Crippen MR) is 150 cm³/mol. The van der Waals surface area contributed by atoms with E-state index in [2.05, 4.69) is 44.8 Å². The Kier molecular flexibility index (Phi) is 6.16.